The summed E-state index contributed by atoms with van der Waals surface area (Å²) in [5.41, 5.74) is 7.18. The summed E-state index contributed by atoms with van der Waals surface area (Å²) >= 11 is 4.92. The number of hydrogen-bond acceptors (Lipinski definition) is 3. The Labute approximate surface area is 127 Å². The molecule has 0 radical (unpaired) electrons. The highest BCUT2D eigenvalue weighted by Crippen LogP contribution is 2.12. The number of aromatic nitrogens is 1. The molecule has 2 N–H and O–H groups in total. The first kappa shape index (κ1) is 15.1. The van der Waals surface area contributed by atoms with Gasteiger partial charge in [-0.15, -0.1) is 0 Å². The van der Waals surface area contributed by atoms with Crippen LogP contribution in [0.1, 0.15) is 21.5 Å². The molecular weight excluding hydrogens is 289 g/mol. The van der Waals surface area contributed by atoms with Gasteiger partial charge in [0.1, 0.15) is 4.99 Å². The monoisotopic (exact) mass is 303 g/mol. The van der Waals surface area contributed by atoms with Crippen LogP contribution in [0.2, 0.25) is 0 Å². The minimum absolute atomic E-state index is 0.00185. The van der Waals surface area contributed by atoms with E-state index in [1.54, 1.807) is 13.1 Å². The maximum absolute atomic E-state index is 13.6. The summed E-state index contributed by atoms with van der Waals surface area (Å²) in [6.07, 6.45) is 2.41. The van der Waals surface area contributed by atoms with Crippen molar-refractivity contribution in [3.63, 3.8) is 0 Å². The van der Waals surface area contributed by atoms with Crippen molar-refractivity contribution in [2.24, 2.45) is 5.73 Å². The molecule has 0 aliphatic rings. The Morgan fingerprint density at radius 3 is 2.86 bits per heavy atom. The zero-order chi connectivity index (χ0) is 15.4. The molecule has 0 unspecified atom stereocenters. The van der Waals surface area contributed by atoms with E-state index in [4.69, 9.17) is 18.0 Å². The number of carbonyl (C=O) groups is 1. The first-order valence-corrected chi connectivity index (χ1v) is 6.63. The fraction of sp³-hybridized carbons (Fsp3) is 0.133. The van der Waals surface area contributed by atoms with Crippen molar-refractivity contribution in [1.29, 1.82) is 0 Å². The van der Waals surface area contributed by atoms with Crippen LogP contribution in [0.5, 0.6) is 0 Å². The molecular formula is C15H14FN3OS. The van der Waals surface area contributed by atoms with E-state index in [0.717, 1.165) is 17.3 Å². The van der Waals surface area contributed by atoms with Crippen LogP contribution in [0.25, 0.3) is 0 Å². The smallest absolute Gasteiger partial charge is 0.256 e. The van der Waals surface area contributed by atoms with Gasteiger partial charge in [0.25, 0.3) is 5.91 Å². The van der Waals surface area contributed by atoms with Gasteiger partial charge in [0.05, 0.1) is 11.8 Å². The summed E-state index contributed by atoms with van der Waals surface area (Å²) in [5.74, 6) is -1.04. The van der Waals surface area contributed by atoms with Gasteiger partial charge in [-0.05, 0) is 17.7 Å². The van der Waals surface area contributed by atoms with Gasteiger partial charge in [-0.2, -0.15) is 0 Å². The summed E-state index contributed by atoms with van der Waals surface area (Å²) in [6, 6.07) is 8.65. The molecule has 0 aliphatic carbocycles. The van der Waals surface area contributed by atoms with Gasteiger partial charge in [0.2, 0.25) is 0 Å². The lowest BCUT2D eigenvalue weighted by molar-refractivity contribution is 0.0780. The van der Waals surface area contributed by atoms with E-state index in [9.17, 15) is 9.18 Å². The van der Waals surface area contributed by atoms with Gasteiger partial charge in [-0.1, -0.05) is 30.4 Å². The van der Waals surface area contributed by atoms with Crippen LogP contribution in [-0.2, 0) is 6.54 Å². The molecule has 0 saturated heterocycles. The number of nitrogens with two attached hydrogens (primary N) is 1. The third kappa shape index (κ3) is 3.61. The summed E-state index contributed by atoms with van der Waals surface area (Å²) in [5, 5.41) is 0. The molecule has 6 heteroatoms. The van der Waals surface area contributed by atoms with Gasteiger partial charge in [0.15, 0.2) is 5.82 Å². The minimum Gasteiger partial charge on any atom is -0.389 e. The predicted octanol–water partition coefficient (Wildman–Crippen LogP) is 2.13. The molecule has 1 aromatic carbocycles. The SMILES string of the molecule is CN(Cc1cccc(C(N)=S)c1)C(=O)c1ccncc1F. The average molecular weight is 303 g/mol. The van der Waals surface area contributed by atoms with Crippen LogP contribution in [-0.4, -0.2) is 27.8 Å². The summed E-state index contributed by atoms with van der Waals surface area (Å²) in [4.78, 5) is 17.5. The second-order valence-corrected chi connectivity index (χ2v) is 5.02. The number of rotatable bonds is 4. The molecule has 0 saturated carbocycles. The van der Waals surface area contributed by atoms with E-state index in [1.165, 1.54) is 17.2 Å². The van der Waals surface area contributed by atoms with Crippen LogP contribution in [0.4, 0.5) is 4.39 Å². The van der Waals surface area contributed by atoms with Crippen molar-refractivity contribution >= 4 is 23.1 Å². The lowest BCUT2D eigenvalue weighted by Gasteiger charge is -2.18. The first-order valence-electron chi connectivity index (χ1n) is 6.22. The molecule has 2 rings (SSSR count). The third-order valence-electron chi connectivity index (χ3n) is 2.98. The Hall–Kier alpha value is -2.34. The highest BCUT2D eigenvalue weighted by Gasteiger charge is 2.16. The zero-order valence-electron chi connectivity index (χ0n) is 11.4. The largest absolute Gasteiger partial charge is 0.389 e. The molecule has 2 aromatic rings. The molecule has 0 bridgehead atoms. The summed E-state index contributed by atoms with van der Waals surface area (Å²) in [7, 11) is 1.61. The molecule has 1 amide bonds. The molecule has 21 heavy (non-hydrogen) atoms. The van der Waals surface area contributed by atoms with E-state index in [-0.39, 0.29) is 5.56 Å². The lowest BCUT2D eigenvalue weighted by Crippen LogP contribution is -2.27. The van der Waals surface area contributed by atoms with Gasteiger partial charge in [-0.25, -0.2) is 4.39 Å². The zero-order valence-corrected chi connectivity index (χ0v) is 12.2. The van der Waals surface area contributed by atoms with Crippen molar-refractivity contribution in [2.75, 3.05) is 7.05 Å². The second-order valence-electron chi connectivity index (χ2n) is 4.58. The molecule has 0 fully saturated rings. The van der Waals surface area contributed by atoms with Gasteiger partial charge >= 0.3 is 0 Å². The Balaban J connectivity index is 2.16. The molecule has 4 nitrogen and oxygen atoms in total. The van der Waals surface area contributed by atoms with Crippen molar-refractivity contribution in [3.05, 3.63) is 65.2 Å². The fourth-order valence-corrected chi connectivity index (χ4v) is 2.05. The highest BCUT2D eigenvalue weighted by atomic mass is 32.1. The number of benzene rings is 1. The predicted molar refractivity (Wildman–Crippen MR) is 82.3 cm³/mol. The van der Waals surface area contributed by atoms with Crippen molar-refractivity contribution in [1.82, 2.24) is 9.88 Å². The third-order valence-corrected chi connectivity index (χ3v) is 3.22. The van der Waals surface area contributed by atoms with Crippen LogP contribution >= 0.6 is 12.2 Å². The molecule has 1 heterocycles. The van der Waals surface area contributed by atoms with Crippen molar-refractivity contribution in [3.8, 4) is 0 Å². The van der Waals surface area contributed by atoms with Gasteiger partial charge < -0.3 is 10.6 Å². The van der Waals surface area contributed by atoms with Crippen LogP contribution in [0.15, 0.2) is 42.7 Å². The topological polar surface area (TPSA) is 59.2 Å². The first-order chi connectivity index (χ1) is 9.99. The Bertz CT molecular complexity index is 690. The maximum atomic E-state index is 13.6. The van der Waals surface area contributed by atoms with Gasteiger partial charge in [0, 0.05) is 25.4 Å². The Kier molecular flexibility index (Phi) is 4.59. The standard InChI is InChI=1S/C15H14FN3OS/c1-19(15(20)12-5-6-18-8-13(12)16)9-10-3-2-4-11(7-10)14(17)21/h2-8H,9H2,1H3,(H2,17,21). The normalized spacial score (nSPS) is 10.2. The van der Waals surface area contributed by atoms with E-state index >= 15 is 0 Å². The van der Waals surface area contributed by atoms with Crippen LogP contribution in [0, 0.1) is 5.82 Å². The molecule has 108 valence electrons. The van der Waals surface area contributed by atoms with E-state index in [2.05, 4.69) is 4.98 Å². The Morgan fingerprint density at radius 1 is 1.43 bits per heavy atom. The average Bonchev–Trinajstić information content (AvgIpc) is 2.47. The van der Waals surface area contributed by atoms with Crippen molar-refractivity contribution in [2.45, 2.75) is 6.54 Å². The highest BCUT2D eigenvalue weighted by molar-refractivity contribution is 7.80. The van der Waals surface area contributed by atoms with Gasteiger partial charge in [-0.3, -0.25) is 9.78 Å². The molecule has 0 atom stereocenters. The van der Waals surface area contributed by atoms with E-state index < -0.39 is 11.7 Å². The molecule has 0 aliphatic heterocycles. The summed E-state index contributed by atoms with van der Waals surface area (Å²) in [6.45, 7) is 0.330. The number of amides is 1. The maximum Gasteiger partial charge on any atom is 0.256 e. The molecule has 0 spiro atoms. The number of thiocarbonyl (C=S) groups is 1. The second kappa shape index (κ2) is 6.41. The van der Waals surface area contributed by atoms with Crippen molar-refractivity contribution < 1.29 is 9.18 Å². The van der Waals surface area contributed by atoms with E-state index in [0.29, 0.717) is 11.5 Å². The van der Waals surface area contributed by atoms with E-state index in [1.807, 2.05) is 18.2 Å². The minimum atomic E-state index is -0.633. The Morgan fingerprint density at radius 2 is 2.19 bits per heavy atom. The number of halogens is 1. The number of carbonyl (C=O) groups excluding carboxylic acids is 1. The fourth-order valence-electron chi connectivity index (χ4n) is 1.92. The number of nitrogens with zero attached hydrogens (tertiary/aromatic N) is 2. The quantitative estimate of drug-likeness (QED) is 0.879. The number of pyridine rings is 1. The number of hydrogen-bond donors (Lipinski definition) is 1. The van der Waals surface area contributed by atoms with Crippen LogP contribution in [0.3, 0.4) is 0 Å². The lowest BCUT2D eigenvalue weighted by atomic mass is 10.1. The van der Waals surface area contributed by atoms with Crippen LogP contribution < -0.4 is 5.73 Å². The summed E-state index contributed by atoms with van der Waals surface area (Å²) < 4.78 is 13.6. The molecule has 1 aromatic heterocycles.